The third-order valence-corrected chi connectivity index (χ3v) is 12.9. The van der Waals surface area contributed by atoms with Gasteiger partial charge in [-0.3, -0.25) is 0 Å². The van der Waals surface area contributed by atoms with Crippen molar-refractivity contribution in [3.05, 3.63) is 139 Å². The SMILES string of the molecule is C[Si](C)(C)c1ccc(-c2[c-]cccc2)nc1.[Ir].[c-]1cc2c(cc1-c1cc(CC3CC4CCC3CC4)ccn1)oc1ccc(-c3ccccc3)cc12. The first-order chi connectivity index (χ1) is 24.4. The number of pyridine rings is 2. The molecule has 0 aliphatic heterocycles. The van der Waals surface area contributed by atoms with E-state index in [0.29, 0.717) is 0 Å². The van der Waals surface area contributed by atoms with Gasteiger partial charge in [-0.25, -0.2) is 0 Å². The number of aromatic nitrogens is 2. The van der Waals surface area contributed by atoms with E-state index in [1.54, 1.807) is 0 Å². The van der Waals surface area contributed by atoms with Gasteiger partial charge in [-0.2, -0.15) is 0 Å². The second-order valence-corrected chi connectivity index (χ2v) is 20.4. The minimum absolute atomic E-state index is 0. The van der Waals surface area contributed by atoms with Crippen molar-refractivity contribution < 1.29 is 24.5 Å². The van der Waals surface area contributed by atoms with E-state index < -0.39 is 8.07 Å². The first-order valence-corrected chi connectivity index (χ1v) is 21.7. The summed E-state index contributed by atoms with van der Waals surface area (Å²) in [6.45, 7) is 7.00. The van der Waals surface area contributed by atoms with Gasteiger partial charge in [0.15, 0.2) is 0 Å². The summed E-state index contributed by atoms with van der Waals surface area (Å²) in [6, 6.07) is 44.5. The zero-order chi connectivity index (χ0) is 34.1. The minimum Gasteiger partial charge on any atom is -0.476 e. The maximum absolute atomic E-state index is 6.24. The quantitative estimate of drug-likeness (QED) is 0.124. The van der Waals surface area contributed by atoms with Crippen LogP contribution in [0.15, 0.2) is 126 Å². The zero-order valence-electron chi connectivity index (χ0n) is 29.7. The molecule has 1 atom stereocenters. The average Bonchev–Trinajstić information content (AvgIpc) is 3.53. The van der Waals surface area contributed by atoms with Gasteiger partial charge in [-0.1, -0.05) is 110 Å². The van der Waals surface area contributed by atoms with Gasteiger partial charge < -0.3 is 14.4 Å². The number of hydrogen-bond acceptors (Lipinski definition) is 3. The van der Waals surface area contributed by atoms with Crippen LogP contribution in [0.25, 0.3) is 55.6 Å². The third kappa shape index (κ3) is 7.87. The molecule has 3 heterocycles. The fourth-order valence-electron chi connectivity index (χ4n) is 8.04. The van der Waals surface area contributed by atoms with Crippen LogP contribution in [0.5, 0.6) is 0 Å². The van der Waals surface area contributed by atoms with Crippen molar-refractivity contribution in [2.45, 2.75) is 58.2 Å². The summed E-state index contributed by atoms with van der Waals surface area (Å²) in [5, 5.41) is 3.63. The summed E-state index contributed by atoms with van der Waals surface area (Å²) >= 11 is 0. The molecule has 0 saturated heterocycles. The van der Waals surface area contributed by atoms with E-state index in [4.69, 9.17) is 9.40 Å². The van der Waals surface area contributed by atoms with Crippen molar-refractivity contribution >= 4 is 35.2 Å². The van der Waals surface area contributed by atoms with Gasteiger partial charge in [0.05, 0.1) is 13.7 Å². The van der Waals surface area contributed by atoms with Crippen LogP contribution in [0, 0.1) is 29.9 Å². The second kappa shape index (κ2) is 15.2. The Morgan fingerprint density at radius 1 is 0.706 bits per heavy atom. The summed E-state index contributed by atoms with van der Waals surface area (Å²) in [5.41, 5.74) is 9.69. The van der Waals surface area contributed by atoms with Crippen molar-refractivity contribution in [3.63, 3.8) is 0 Å². The van der Waals surface area contributed by atoms with Gasteiger partial charge >= 0.3 is 0 Å². The fourth-order valence-corrected chi connectivity index (χ4v) is 9.07. The van der Waals surface area contributed by atoms with Crippen molar-refractivity contribution in [2.75, 3.05) is 0 Å². The zero-order valence-corrected chi connectivity index (χ0v) is 33.1. The number of benzene rings is 4. The monoisotopic (exact) mass is 861 g/mol. The number of fused-ring (bicyclic) bond motifs is 6. The van der Waals surface area contributed by atoms with Crippen LogP contribution >= 0.6 is 0 Å². The minimum atomic E-state index is -1.23. The van der Waals surface area contributed by atoms with E-state index in [1.165, 1.54) is 60.4 Å². The van der Waals surface area contributed by atoms with Gasteiger partial charge in [0, 0.05) is 32.5 Å². The molecule has 51 heavy (non-hydrogen) atoms. The van der Waals surface area contributed by atoms with Crippen LogP contribution in [-0.4, -0.2) is 18.0 Å². The van der Waals surface area contributed by atoms with Gasteiger partial charge in [0.2, 0.25) is 0 Å². The molecule has 5 heteroatoms. The van der Waals surface area contributed by atoms with Gasteiger partial charge in [-0.15, -0.1) is 53.6 Å². The Balaban J connectivity index is 0.000000202. The smallest absolute Gasteiger partial charge is 0.123 e. The molecule has 259 valence electrons. The topological polar surface area (TPSA) is 38.9 Å². The summed E-state index contributed by atoms with van der Waals surface area (Å²) in [4.78, 5) is 9.21. The van der Waals surface area contributed by atoms with Gasteiger partial charge in [-0.05, 0) is 88.7 Å². The molecule has 0 spiro atoms. The van der Waals surface area contributed by atoms with Gasteiger partial charge in [0.25, 0.3) is 0 Å². The molecule has 0 amide bonds. The van der Waals surface area contributed by atoms with E-state index in [2.05, 4.69) is 116 Å². The molecule has 3 aliphatic rings. The summed E-state index contributed by atoms with van der Waals surface area (Å²) in [6.07, 6.45) is 12.4. The molecule has 3 fully saturated rings. The maximum atomic E-state index is 6.24. The summed E-state index contributed by atoms with van der Waals surface area (Å²) < 4.78 is 6.24. The molecule has 1 unspecified atom stereocenters. The predicted octanol–water partition coefficient (Wildman–Crippen LogP) is 11.6. The number of nitrogens with zero attached hydrogens (tertiary/aromatic N) is 2. The third-order valence-electron chi connectivity index (χ3n) is 10.9. The molecular weight excluding hydrogens is 817 g/mol. The molecule has 3 aromatic heterocycles. The fraction of sp³-hybridized carbons (Fsp3) is 0.261. The van der Waals surface area contributed by atoms with E-state index in [-0.39, 0.29) is 20.1 Å². The van der Waals surface area contributed by atoms with Crippen LogP contribution in [-0.2, 0) is 26.5 Å². The van der Waals surface area contributed by atoms with Crippen LogP contribution in [0.4, 0.5) is 0 Å². The molecule has 3 saturated carbocycles. The molecular formula is C46H44IrN2OSi-2. The van der Waals surface area contributed by atoms with Crippen molar-refractivity contribution in [1.82, 2.24) is 9.97 Å². The Morgan fingerprint density at radius 2 is 1.53 bits per heavy atom. The maximum Gasteiger partial charge on any atom is 0.123 e. The molecule has 2 bridgehead atoms. The molecule has 7 aromatic rings. The first kappa shape index (κ1) is 35.3. The van der Waals surface area contributed by atoms with Crippen LogP contribution in [0.2, 0.25) is 19.6 Å². The van der Waals surface area contributed by atoms with E-state index in [1.807, 2.05) is 42.7 Å². The van der Waals surface area contributed by atoms with Gasteiger partial charge in [0.1, 0.15) is 5.58 Å². The van der Waals surface area contributed by atoms with E-state index in [0.717, 1.165) is 62.2 Å². The van der Waals surface area contributed by atoms with E-state index >= 15 is 0 Å². The van der Waals surface area contributed by atoms with Crippen LogP contribution < -0.4 is 5.19 Å². The normalized spacial score (nSPS) is 18.2. The van der Waals surface area contributed by atoms with Crippen molar-refractivity contribution in [1.29, 1.82) is 0 Å². The van der Waals surface area contributed by atoms with Crippen molar-refractivity contribution in [3.8, 4) is 33.6 Å². The second-order valence-electron chi connectivity index (χ2n) is 15.3. The molecule has 1 radical (unpaired) electrons. The Morgan fingerprint density at radius 3 is 2.24 bits per heavy atom. The standard InChI is InChI=1S/C32H28NO.C14H16NSi.Ir/c1-2-4-23(5-3-1)25-11-13-31-29(19-25)28-12-10-26(20-32(28)34-31)30-18-22(14-15-33-30)17-27-16-21-6-8-24(27)9-7-21;1-16(2,3)13-9-10-14(15-11-13)12-7-5-4-6-8-12;/h1-5,11-15,18-21,24,27H,6-9,16-17H2;4-7,9-11H,1-3H3;/q2*-1;. The Kier molecular flexibility index (Phi) is 10.5. The molecule has 4 aromatic carbocycles. The summed E-state index contributed by atoms with van der Waals surface area (Å²) in [5.74, 6) is 2.76. The average molecular weight is 861 g/mol. The first-order valence-electron chi connectivity index (χ1n) is 18.2. The number of hydrogen-bond donors (Lipinski definition) is 0. The Labute approximate surface area is 316 Å². The number of rotatable bonds is 6. The predicted molar refractivity (Wildman–Crippen MR) is 210 cm³/mol. The molecule has 3 aliphatic carbocycles. The number of furan rings is 1. The molecule has 3 nitrogen and oxygen atoms in total. The van der Waals surface area contributed by atoms with Crippen LogP contribution in [0.1, 0.15) is 37.7 Å². The summed E-state index contributed by atoms with van der Waals surface area (Å²) in [7, 11) is -1.23. The van der Waals surface area contributed by atoms with E-state index in [9.17, 15) is 0 Å². The Hall–Kier alpha value is -4.15. The molecule has 10 rings (SSSR count). The Bertz CT molecular complexity index is 2220. The van der Waals surface area contributed by atoms with Crippen molar-refractivity contribution in [2.24, 2.45) is 17.8 Å². The molecule has 0 N–H and O–H groups in total. The largest absolute Gasteiger partial charge is 0.476 e. The van der Waals surface area contributed by atoms with Crippen LogP contribution in [0.3, 0.4) is 0 Å².